The molecule has 0 atom stereocenters. The Bertz CT molecular complexity index is 386. The Morgan fingerprint density at radius 3 is 2.81 bits per heavy atom. The lowest BCUT2D eigenvalue weighted by atomic mass is 9.99. The molecule has 1 aromatic heterocycles. The molecule has 1 fully saturated rings. The SMILES string of the molecule is CC1CCN(C(=O)c2cccnc2Br)CC1. The number of halogens is 1. The van der Waals surface area contributed by atoms with E-state index in [0.29, 0.717) is 10.2 Å². The molecule has 0 N–H and O–H groups in total. The molecule has 1 amide bonds. The van der Waals surface area contributed by atoms with E-state index in [2.05, 4.69) is 27.8 Å². The first-order chi connectivity index (χ1) is 7.68. The minimum absolute atomic E-state index is 0.0897. The number of carbonyl (C=O) groups excluding carboxylic acids is 1. The minimum atomic E-state index is 0.0897. The van der Waals surface area contributed by atoms with Gasteiger partial charge in [-0.1, -0.05) is 6.92 Å². The van der Waals surface area contributed by atoms with E-state index >= 15 is 0 Å². The summed E-state index contributed by atoms with van der Waals surface area (Å²) in [4.78, 5) is 18.2. The number of carbonyl (C=O) groups is 1. The molecule has 2 rings (SSSR count). The Hall–Kier alpha value is -0.900. The number of likely N-dealkylation sites (tertiary alicyclic amines) is 1. The molecule has 0 bridgehead atoms. The van der Waals surface area contributed by atoms with E-state index < -0.39 is 0 Å². The zero-order valence-electron chi connectivity index (χ0n) is 9.32. The lowest BCUT2D eigenvalue weighted by Gasteiger charge is -2.30. The molecule has 3 nitrogen and oxygen atoms in total. The Morgan fingerprint density at radius 1 is 1.50 bits per heavy atom. The van der Waals surface area contributed by atoms with Crippen LogP contribution in [0.25, 0.3) is 0 Å². The van der Waals surface area contributed by atoms with Gasteiger partial charge in [0.1, 0.15) is 4.60 Å². The molecule has 0 saturated carbocycles. The largest absolute Gasteiger partial charge is 0.339 e. The lowest BCUT2D eigenvalue weighted by molar-refractivity contribution is 0.0696. The fourth-order valence-electron chi connectivity index (χ4n) is 1.93. The number of piperidine rings is 1. The Balaban J connectivity index is 2.11. The average Bonchev–Trinajstić information content (AvgIpc) is 2.30. The quantitative estimate of drug-likeness (QED) is 0.742. The zero-order valence-corrected chi connectivity index (χ0v) is 10.9. The summed E-state index contributed by atoms with van der Waals surface area (Å²) in [7, 11) is 0. The van der Waals surface area contributed by atoms with Gasteiger partial charge in [0.25, 0.3) is 5.91 Å². The van der Waals surface area contributed by atoms with Crippen molar-refractivity contribution >= 4 is 21.8 Å². The third kappa shape index (κ3) is 2.43. The molecule has 1 aliphatic heterocycles. The zero-order chi connectivity index (χ0) is 11.5. The van der Waals surface area contributed by atoms with E-state index in [0.717, 1.165) is 31.8 Å². The maximum Gasteiger partial charge on any atom is 0.256 e. The number of aromatic nitrogens is 1. The van der Waals surface area contributed by atoms with E-state index in [1.54, 1.807) is 12.3 Å². The van der Waals surface area contributed by atoms with Gasteiger partial charge >= 0.3 is 0 Å². The predicted octanol–water partition coefficient (Wildman–Crippen LogP) is 2.72. The molecule has 0 radical (unpaired) electrons. The highest BCUT2D eigenvalue weighted by molar-refractivity contribution is 9.10. The second kappa shape index (κ2) is 4.95. The van der Waals surface area contributed by atoms with E-state index in [1.165, 1.54) is 0 Å². The molecule has 86 valence electrons. The van der Waals surface area contributed by atoms with Gasteiger partial charge in [0.15, 0.2) is 0 Å². The molecule has 1 aliphatic rings. The van der Waals surface area contributed by atoms with Crippen molar-refractivity contribution in [1.82, 2.24) is 9.88 Å². The van der Waals surface area contributed by atoms with Gasteiger partial charge in [0, 0.05) is 19.3 Å². The summed E-state index contributed by atoms with van der Waals surface area (Å²) in [6.45, 7) is 3.96. The van der Waals surface area contributed by atoms with Crippen LogP contribution in [0.3, 0.4) is 0 Å². The van der Waals surface area contributed by atoms with Gasteiger partial charge in [-0.25, -0.2) is 4.98 Å². The molecule has 0 unspecified atom stereocenters. The van der Waals surface area contributed by atoms with E-state index in [1.807, 2.05) is 11.0 Å². The maximum atomic E-state index is 12.2. The number of amides is 1. The van der Waals surface area contributed by atoms with Crippen molar-refractivity contribution in [2.45, 2.75) is 19.8 Å². The average molecular weight is 283 g/mol. The van der Waals surface area contributed by atoms with Crippen LogP contribution in [-0.4, -0.2) is 28.9 Å². The molecule has 0 aromatic carbocycles. The molecule has 0 spiro atoms. The molecule has 1 aromatic rings. The molecule has 1 saturated heterocycles. The van der Waals surface area contributed by atoms with Gasteiger partial charge in [-0.15, -0.1) is 0 Å². The standard InChI is InChI=1S/C12H15BrN2O/c1-9-4-7-15(8-5-9)12(16)10-3-2-6-14-11(10)13/h2-3,6,9H,4-5,7-8H2,1H3. The monoisotopic (exact) mass is 282 g/mol. The number of hydrogen-bond donors (Lipinski definition) is 0. The number of hydrogen-bond acceptors (Lipinski definition) is 2. The number of rotatable bonds is 1. The van der Waals surface area contributed by atoms with Gasteiger partial charge in [-0.05, 0) is 46.8 Å². The van der Waals surface area contributed by atoms with Crippen molar-refractivity contribution in [3.8, 4) is 0 Å². The summed E-state index contributed by atoms with van der Waals surface area (Å²) < 4.78 is 0.638. The van der Waals surface area contributed by atoms with Gasteiger partial charge < -0.3 is 4.90 Å². The van der Waals surface area contributed by atoms with Crippen LogP contribution >= 0.6 is 15.9 Å². The fourth-order valence-corrected chi connectivity index (χ4v) is 2.35. The van der Waals surface area contributed by atoms with Gasteiger partial charge in [-0.2, -0.15) is 0 Å². The van der Waals surface area contributed by atoms with Crippen molar-refractivity contribution in [1.29, 1.82) is 0 Å². The van der Waals surface area contributed by atoms with Crippen LogP contribution < -0.4 is 0 Å². The fraction of sp³-hybridized carbons (Fsp3) is 0.500. The van der Waals surface area contributed by atoms with Crippen LogP contribution in [0.15, 0.2) is 22.9 Å². The number of pyridine rings is 1. The Labute approximate surface area is 104 Å². The van der Waals surface area contributed by atoms with Crippen LogP contribution in [0.1, 0.15) is 30.1 Å². The highest BCUT2D eigenvalue weighted by Crippen LogP contribution is 2.20. The van der Waals surface area contributed by atoms with Crippen LogP contribution in [0.2, 0.25) is 0 Å². The highest BCUT2D eigenvalue weighted by atomic mass is 79.9. The summed E-state index contributed by atoms with van der Waals surface area (Å²) >= 11 is 3.32. The highest BCUT2D eigenvalue weighted by Gasteiger charge is 2.22. The molecule has 4 heteroatoms. The summed E-state index contributed by atoms with van der Waals surface area (Å²) in [5.41, 5.74) is 0.664. The summed E-state index contributed by atoms with van der Waals surface area (Å²) in [6.07, 6.45) is 3.88. The van der Waals surface area contributed by atoms with Crippen molar-refractivity contribution < 1.29 is 4.79 Å². The molecular formula is C12H15BrN2O. The smallest absolute Gasteiger partial charge is 0.256 e. The first-order valence-electron chi connectivity index (χ1n) is 5.58. The number of nitrogens with zero attached hydrogens (tertiary/aromatic N) is 2. The topological polar surface area (TPSA) is 33.2 Å². The van der Waals surface area contributed by atoms with E-state index in [4.69, 9.17) is 0 Å². The minimum Gasteiger partial charge on any atom is -0.339 e. The lowest BCUT2D eigenvalue weighted by Crippen LogP contribution is -2.38. The van der Waals surface area contributed by atoms with E-state index in [-0.39, 0.29) is 5.91 Å². The third-order valence-electron chi connectivity index (χ3n) is 3.06. The maximum absolute atomic E-state index is 12.2. The summed E-state index contributed by atoms with van der Waals surface area (Å²) in [6, 6.07) is 3.61. The second-order valence-electron chi connectivity index (χ2n) is 4.32. The Morgan fingerprint density at radius 2 is 2.19 bits per heavy atom. The van der Waals surface area contributed by atoms with Crippen molar-refractivity contribution in [3.63, 3.8) is 0 Å². The molecular weight excluding hydrogens is 268 g/mol. The molecule has 0 aliphatic carbocycles. The van der Waals surface area contributed by atoms with Crippen molar-refractivity contribution in [3.05, 3.63) is 28.5 Å². The van der Waals surface area contributed by atoms with Crippen molar-refractivity contribution in [2.24, 2.45) is 5.92 Å². The first kappa shape index (κ1) is 11.6. The predicted molar refractivity (Wildman–Crippen MR) is 66.2 cm³/mol. The van der Waals surface area contributed by atoms with Crippen LogP contribution in [0.5, 0.6) is 0 Å². The van der Waals surface area contributed by atoms with E-state index in [9.17, 15) is 4.79 Å². The first-order valence-corrected chi connectivity index (χ1v) is 6.37. The van der Waals surface area contributed by atoms with Crippen LogP contribution in [-0.2, 0) is 0 Å². The third-order valence-corrected chi connectivity index (χ3v) is 3.69. The molecule has 2 heterocycles. The van der Waals surface area contributed by atoms with Crippen LogP contribution in [0.4, 0.5) is 0 Å². The van der Waals surface area contributed by atoms with Gasteiger partial charge in [-0.3, -0.25) is 4.79 Å². The molecule has 16 heavy (non-hydrogen) atoms. The van der Waals surface area contributed by atoms with Crippen LogP contribution in [0, 0.1) is 5.92 Å². The second-order valence-corrected chi connectivity index (χ2v) is 5.07. The normalized spacial score (nSPS) is 17.5. The van der Waals surface area contributed by atoms with Gasteiger partial charge in [0.2, 0.25) is 0 Å². The summed E-state index contributed by atoms with van der Waals surface area (Å²) in [5.74, 6) is 0.827. The van der Waals surface area contributed by atoms with Crippen molar-refractivity contribution in [2.75, 3.05) is 13.1 Å². The van der Waals surface area contributed by atoms with Gasteiger partial charge in [0.05, 0.1) is 5.56 Å². The Kier molecular flexibility index (Phi) is 3.59. The summed E-state index contributed by atoms with van der Waals surface area (Å²) in [5, 5.41) is 0.